The summed E-state index contributed by atoms with van der Waals surface area (Å²) in [5, 5.41) is 0. The molecule has 0 saturated carbocycles. The van der Waals surface area contributed by atoms with Gasteiger partial charge in [-0.25, -0.2) is 4.79 Å². The number of hydrogen-bond acceptors (Lipinski definition) is 6. The highest BCUT2D eigenvalue weighted by Gasteiger charge is 2.11. The summed E-state index contributed by atoms with van der Waals surface area (Å²) >= 11 is 6.92. The van der Waals surface area contributed by atoms with Crippen LogP contribution in [0, 0.1) is 0 Å². The van der Waals surface area contributed by atoms with E-state index < -0.39 is 5.97 Å². The Hall–Kier alpha value is -2.31. The Labute approximate surface area is 154 Å². The minimum atomic E-state index is -0.608. The second kappa shape index (κ2) is 9.25. The van der Waals surface area contributed by atoms with Crippen molar-refractivity contribution in [1.82, 2.24) is 0 Å². The maximum Gasteiger partial charge on any atom is 0.331 e. The third-order valence-electron chi connectivity index (χ3n) is 3.09. The van der Waals surface area contributed by atoms with Crippen LogP contribution in [0.25, 0.3) is 6.08 Å². The van der Waals surface area contributed by atoms with Crippen molar-refractivity contribution in [2.24, 2.45) is 0 Å². The molecular weight excluding hydrogens is 364 g/mol. The highest BCUT2D eigenvalue weighted by molar-refractivity contribution is 7.18. The van der Waals surface area contributed by atoms with Crippen molar-refractivity contribution in [2.75, 3.05) is 20.3 Å². The maximum atomic E-state index is 11.8. The van der Waals surface area contributed by atoms with Crippen LogP contribution in [-0.2, 0) is 9.53 Å². The lowest BCUT2D eigenvalue weighted by atomic mass is 10.2. The van der Waals surface area contributed by atoms with Gasteiger partial charge in [-0.2, -0.15) is 0 Å². The molecule has 0 fully saturated rings. The Balaban J connectivity index is 1.92. The van der Waals surface area contributed by atoms with Crippen LogP contribution in [0.4, 0.5) is 0 Å². The second-order valence-electron chi connectivity index (χ2n) is 4.81. The summed E-state index contributed by atoms with van der Waals surface area (Å²) in [6.07, 6.45) is 2.83. The number of methoxy groups -OCH3 is 1. The van der Waals surface area contributed by atoms with Crippen molar-refractivity contribution < 1.29 is 23.8 Å². The average Bonchev–Trinajstić information content (AvgIpc) is 3.05. The molecule has 25 heavy (non-hydrogen) atoms. The molecule has 0 aliphatic carbocycles. The molecule has 0 amide bonds. The van der Waals surface area contributed by atoms with Crippen molar-refractivity contribution in [2.45, 2.75) is 6.92 Å². The smallest absolute Gasteiger partial charge is 0.331 e. The number of carbonyl (C=O) groups excluding carboxylic acids is 2. The number of rotatable bonds is 8. The maximum absolute atomic E-state index is 11.8. The number of thiophene rings is 1. The third kappa shape index (κ3) is 5.62. The zero-order chi connectivity index (χ0) is 18.2. The lowest BCUT2D eigenvalue weighted by Gasteiger charge is -2.09. The van der Waals surface area contributed by atoms with Crippen LogP contribution in [0.1, 0.15) is 22.2 Å². The summed E-state index contributed by atoms with van der Waals surface area (Å²) in [7, 11) is 1.54. The highest BCUT2D eigenvalue weighted by Crippen LogP contribution is 2.28. The first kappa shape index (κ1) is 19.0. The fraction of sp³-hybridized carbons (Fsp3) is 0.222. The summed E-state index contributed by atoms with van der Waals surface area (Å²) in [5.41, 5.74) is 0.744. The van der Waals surface area contributed by atoms with Crippen molar-refractivity contribution in [3.8, 4) is 11.5 Å². The van der Waals surface area contributed by atoms with Crippen molar-refractivity contribution in [1.29, 1.82) is 0 Å². The van der Waals surface area contributed by atoms with Gasteiger partial charge in [0.15, 0.2) is 18.1 Å². The predicted molar refractivity (Wildman–Crippen MR) is 97.8 cm³/mol. The van der Waals surface area contributed by atoms with E-state index in [1.54, 1.807) is 43.5 Å². The van der Waals surface area contributed by atoms with Gasteiger partial charge in [0.25, 0.3) is 0 Å². The summed E-state index contributed by atoms with van der Waals surface area (Å²) in [6.45, 7) is 2.09. The zero-order valence-corrected chi connectivity index (χ0v) is 15.4. The predicted octanol–water partition coefficient (Wildman–Crippen LogP) is 4.25. The molecule has 132 valence electrons. The molecule has 5 nitrogen and oxygen atoms in total. The molecule has 2 rings (SSSR count). The molecule has 0 unspecified atom stereocenters. The van der Waals surface area contributed by atoms with Crippen LogP contribution < -0.4 is 9.47 Å². The van der Waals surface area contributed by atoms with Gasteiger partial charge in [-0.05, 0) is 42.8 Å². The van der Waals surface area contributed by atoms with Gasteiger partial charge in [0.2, 0.25) is 5.78 Å². The summed E-state index contributed by atoms with van der Waals surface area (Å²) < 4.78 is 16.1. The van der Waals surface area contributed by atoms with Gasteiger partial charge in [0.1, 0.15) is 0 Å². The van der Waals surface area contributed by atoms with E-state index in [0.717, 1.165) is 16.9 Å². The molecule has 1 heterocycles. The van der Waals surface area contributed by atoms with Crippen molar-refractivity contribution in [3.05, 3.63) is 51.2 Å². The number of Topliss-reactive ketones (excluding diaryl/α,β-unsaturated/α-hetero) is 1. The first-order chi connectivity index (χ1) is 12.0. The fourth-order valence-corrected chi connectivity index (χ4v) is 2.91. The van der Waals surface area contributed by atoms with Crippen LogP contribution in [0.2, 0.25) is 4.34 Å². The van der Waals surface area contributed by atoms with Gasteiger partial charge in [-0.1, -0.05) is 17.7 Å². The number of hydrogen-bond donors (Lipinski definition) is 0. The lowest BCUT2D eigenvalue weighted by molar-refractivity contribution is -0.136. The Morgan fingerprint density at radius 1 is 1.20 bits per heavy atom. The third-order valence-corrected chi connectivity index (χ3v) is 4.37. The van der Waals surface area contributed by atoms with Gasteiger partial charge < -0.3 is 14.2 Å². The fourth-order valence-electron chi connectivity index (χ4n) is 1.95. The monoisotopic (exact) mass is 380 g/mol. The standard InChI is InChI=1S/C18H17ClO5S/c1-3-23-14-6-4-12(10-15(14)22-2)5-9-18(21)24-11-13(20)16-7-8-17(19)25-16/h4-10H,3,11H2,1-2H3/b9-5+. The van der Waals surface area contributed by atoms with E-state index in [1.165, 1.54) is 6.08 Å². The van der Waals surface area contributed by atoms with E-state index in [-0.39, 0.29) is 12.4 Å². The van der Waals surface area contributed by atoms with E-state index in [4.69, 9.17) is 25.8 Å². The molecular formula is C18H17ClO5S. The summed E-state index contributed by atoms with van der Waals surface area (Å²) in [5.74, 6) is 0.303. The first-order valence-corrected chi connectivity index (χ1v) is 8.67. The number of benzene rings is 1. The quantitative estimate of drug-likeness (QED) is 0.389. The number of esters is 1. The van der Waals surface area contributed by atoms with Gasteiger partial charge in [-0.3, -0.25) is 4.79 Å². The molecule has 7 heteroatoms. The number of ketones is 1. The van der Waals surface area contributed by atoms with E-state index in [9.17, 15) is 9.59 Å². The molecule has 0 radical (unpaired) electrons. The Bertz CT molecular complexity index is 782. The van der Waals surface area contributed by atoms with Gasteiger partial charge in [-0.15, -0.1) is 11.3 Å². The SMILES string of the molecule is CCOc1ccc(/C=C/C(=O)OCC(=O)c2ccc(Cl)s2)cc1OC. The number of ether oxygens (including phenoxy) is 3. The second-order valence-corrected chi connectivity index (χ2v) is 6.53. The molecule has 0 aliphatic rings. The van der Waals surface area contributed by atoms with Crippen LogP contribution in [0.5, 0.6) is 11.5 Å². The molecule has 0 N–H and O–H groups in total. The van der Waals surface area contributed by atoms with Gasteiger partial charge in [0, 0.05) is 6.08 Å². The normalized spacial score (nSPS) is 10.7. The van der Waals surface area contributed by atoms with Crippen LogP contribution in [-0.4, -0.2) is 32.1 Å². The average molecular weight is 381 g/mol. The Morgan fingerprint density at radius 3 is 2.64 bits per heavy atom. The van der Waals surface area contributed by atoms with E-state index in [0.29, 0.717) is 27.3 Å². The molecule has 0 atom stereocenters. The summed E-state index contributed by atoms with van der Waals surface area (Å²) in [4.78, 5) is 24.0. The molecule has 1 aromatic heterocycles. The van der Waals surface area contributed by atoms with Gasteiger partial charge in [0.05, 0.1) is 22.9 Å². The van der Waals surface area contributed by atoms with Crippen LogP contribution in [0.15, 0.2) is 36.4 Å². The highest BCUT2D eigenvalue weighted by atomic mass is 35.5. The minimum Gasteiger partial charge on any atom is -0.493 e. The largest absolute Gasteiger partial charge is 0.493 e. The van der Waals surface area contributed by atoms with E-state index in [2.05, 4.69) is 0 Å². The zero-order valence-electron chi connectivity index (χ0n) is 13.8. The minimum absolute atomic E-state index is 0.290. The molecule has 0 spiro atoms. The van der Waals surface area contributed by atoms with Crippen molar-refractivity contribution >= 4 is 40.8 Å². The Kier molecular flexibility index (Phi) is 7.03. The lowest BCUT2D eigenvalue weighted by Crippen LogP contribution is -2.11. The molecule has 0 aliphatic heterocycles. The molecule has 0 bridgehead atoms. The molecule has 0 saturated heterocycles. The van der Waals surface area contributed by atoms with Crippen LogP contribution >= 0.6 is 22.9 Å². The number of carbonyl (C=O) groups is 2. The topological polar surface area (TPSA) is 61.8 Å². The Morgan fingerprint density at radius 2 is 2.00 bits per heavy atom. The van der Waals surface area contributed by atoms with Crippen LogP contribution in [0.3, 0.4) is 0 Å². The first-order valence-electron chi connectivity index (χ1n) is 7.47. The number of halogens is 1. The summed E-state index contributed by atoms with van der Waals surface area (Å²) in [6, 6.07) is 8.52. The van der Waals surface area contributed by atoms with Gasteiger partial charge >= 0.3 is 5.97 Å². The molecule has 1 aromatic carbocycles. The van der Waals surface area contributed by atoms with E-state index in [1.807, 2.05) is 6.92 Å². The molecule has 2 aromatic rings. The van der Waals surface area contributed by atoms with Crippen molar-refractivity contribution in [3.63, 3.8) is 0 Å². The van der Waals surface area contributed by atoms with E-state index >= 15 is 0 Å².